The zero-order chi connectivity index (χ0) is 10.3. The highest BCUT2D eigenvalue weighted by atomic mass is 14.2. The van der Waals surface area contributed by atoms with Crippen LogP contribution in [0.25, 0.3) is 0 Å². The maximum atomic E-state index is 8.28. The largest absolute Gasteiger partial charge is 0.193 e. The average molecular weight is 173 g/mol. The molecule has 0 spiro atoms. The van der Waals surface area contributed by atoms with Gasteiger partial charge in [-0.3, -0.25) is 0 Å². The van der Waals surface area contributed by atoms with Gasteiger partial charge in [0.05, 0.1) is 6.07 Å². The van der Waals surface area contributed by atoms with Crippen LogP contribution in [0.15, 0.2) is 47.6 Å². The van der Waals surface area contributed by atoms with Gasteiger partial charge in [0.15, 0.2) is 0 Å². The zero-order valence-corrected chi connectivity index (χ0v) is 8.46. The topological polar surface area (TPSA) is 23.8 Å². The van der Waals surface area contributed by atoms with Crippen molar-refractivity contribution >= 4 is 0 Å². The number of nitrogens with zero attached hydrogens (tertiary/aromatic N) is 1. The summed E-state index contributed by atoms with van der Waals surface area (Å²) in [5, 5.41) is 8.28. The van der Waals surface area contributed by atoms with E-state index in [2.05, 4.69) is 12.7 Å². The fourth-order valence-corrected chi connectivity index (χ4v) is 0.982. The summed E-state index contributed by atoms with van der Waals surface area (Å²) in [5.74, 6) is 0. The van der Waals surface area contributed by atoms with E-state index in [0.717, 1.165) is 11.1 Å². The van der Waals surface area contributed by atoms with Gasteiger partial charge in [0, 0.05) is 6.08 Å². The number of hydrogen-bond donors (Lipinski definition) is 0. The first-order chi connectivity index (χ1) is 6.06. The van der Waals surface area contributed by atoms with Crippen LogP contribution in [0.3, 0.4) is 0 Å². The van der Waals surface area contributed by atoms with Crippen LogP contribution in [-0.4, -0.2) is 0 Å². The van der Waals surface area contributed by atoms with Gasteiger partial charge in [0.2, 0.25) is 0 Å². The van der Waals surface area contributed by atoms with Crippen molar-refractivity contribution in [1.82, 2.24) is 0 Å². The molecule has 0 aliphatic carbocycles. The molecule has 0 fully saturated rings. The minimum Gasteiger partial charge on any atom is -0.193 e. The first kappa shape index (κ1) is 11.4. The number of allylic oxidation sites excluding steroid dienone is 7. The van der Waals surface area contributed by atoms with E-state index in [0.29, 0.717) is 0 Å². The van der Waals surface area contributed by atoms with Crippen molar-refractivity contribution < 1.29 is 0 Å². The van der Waals surface area contributed by atoms with Gasteiger partial charge in [-0.1, -0.05) is 29.9 Å². The Kier molecular flexibility index (Phi) is 5.30. The maximum Gasteiger partial charge on any atom is 0.0912 e. The Morgan fingerprint density at radius 1 is 1.23 bits per heavy atom. The van der Waals surface area contributed by atoms with E-state index in [1.165, 1.54) is 11.6 Å². The van der Waals surface area contributed by atoms with E-state index in [1.807, 2.05) is 32.9 Å². The van der Waals surface area contributed by atoms with Gasteiger partial charge in [0.25, 0.3) is 0 Å². The molecule has 0 aliphatic rings. The predicted molar refractivity (Wildman–Crippen MR) is 57.1 cm³/mol. The first-order valence-corrected chi connectivity index (χ1v) is 4.14. The summed E-state index contributed by atoms with van der Waals surface area (Å²) < 4.78 is 0. The summed E-state index contributed by atoms with van der Waals surface area (Å²) in [6, 6.07) is 1.93. The van der Waals surface area contributed by atoms with E-state index in [4.69, 9.17) is 5.26 Å². The van der Waals surface area contributed by atoms with Crippen molar-refractivity contribution in [2.24, 2.45) is 0 Å². The molecule has 0 bridgehead atoms. The van der Waals surface area contributed by atoms with Crippen LogP contribution in [0.5, 0.6) is 0 Å². The molecule has 0 aromatic rings. The first-order valence-electron chi connectivity index (χ1n) is 4.14. The third kappa shape index (κ3) is 6.83. The van der Waals surface area contributed by atoms with Crippen molar-refractivity contribution in [2.75, 3.05) is 0 Å². The Bertz CT molecular complexity index is 305. The Balaban J connectivity index is 4.42. The third-order valence-electron chi connectivity index (χ3n) is 1.30. The SMILES string of the molecule is C=C(/C=C(/C)C=C(C)C)/C=C/C#N. The fourth-order valence-electron chi connectivity index (χ4n) is 0.982. The van der Waals surface area contributed by atoms with E-state index < -0.39 is 0 Å². The van der Waals surface area contributed by atoms with Crippen LogP contribution < -0.4 is 0 Å². The number of hydrogen-bond acceptors (Lipinski definition) is 1. The number of rotatable bonds is 3. The van der Waals surface area contributed by atoms with Crippen molar-refractivity contribution in [3.8, 4) is 6.07 Å². The normalized spacial score (nSPS) is 11.1. The highest BCUT2D eigenvalue weighted by Crippen LogP contribution is 2.05. The van der Waals surface area contributed by atoms with Gasteiger partial charge in [-0.25, -0.2) is 0 Å². The molecular weight excluding hydrogens is 158 g/mol. The lowest BCUT2D eigenvalue weighted by atomic mass is 10.1. The van der Waals surface area contributed by atoms with Crippen molar-refractivity contribution in [3.63, 3.8) is 0 Å². The van der Waals surface area contributed by atoms with E-state index in [9.17, 15) is 0 Å². The second-order valence-corrected chi connectivity index (χ2v) is 3.15. The lowest BCUT2D eigenvalue weighted by Gasteiger charge is -1.94. The van der Waals surface area contributed by atoms with Crippen LogP contribution in [-0.2, 0) is 0 Å². The molecule has 0 saturated heterocycles. The Morgan fingerprint density at radius 3 is 2.31 bits per heavy atom. The second kappa shape index (κ2) is 6.02. The summed E-state index contributed by atoms with van der Waals surface area (Å²) in [5.41, 5.74) is 3.25. The molecule has 0 radical (unpaired) electrons. The van der Waals surface area contributed by atoms with Crippen LogP contribution in [0, 0.1) is 11.3 Å². The second-order valence-electron chi connectivity index (χ2n) is 3.15. The molecule has 0 heterocycles. The highest BCUT2D eigenvalue weighted by molar-refractivity contribution is 5.36. The lowest BCUT2D eigenvalue weighted by molar-refractivity contribution is 1.35. The monoisotopic (exact) mass is 173 g/mol. The van der Waals surface area contributed by atoms with Crippen molar-refractivity contribution in [1.29, 1.82) is 5.26 Å². The quantitative estimate of drug-likeness (QED) is 0.473. The summed E-state index contributed by atoms with van der Waals surface area (Å²) >= 11 is 0. The molecule has 0 N–H and O–H groups in total. The Hall–Kier alpha value is -1.55. The van der Waals surface area contributed by atoms with Crippen LogP contribution >= 0.6 is 0 Å². The van der Waals surface area contributed by atoms with Gasteiger partial charge < -0.3 is 0 Å². The van der Waals surface area contributed by atoms with Crippen molar-refractivity contribution in [3.05, 3.63) is 47.6 Å². The molecule has 1 heteroatoms. The summed E-state index contributed by atoms with van der Waals surface area (Å²) in [6.07, 6.45) is 7.14. The molecule has 0 aliphatic heterocycles. The van der Waals surface area contributed by atoms with E-state index in [1.54, 1.807) is 6.08 Å². The number of nitriles is 1. The van der Waals surface area contributed by atoms with Gasteiger partial charge in [-0.2, -0.15) is 5.26 Å². The molecule has 68 valence electrons. The van der Waals surface area contributed by atoms with Crippen LogP contribution in [0.1, 0.15) is 20.8 Å². The molecule has 0 saturated carbocycles. The van der Waals surface area contributed by atoms with Gasteiger partial charge in [0.1, 0.15) is 0 Å². The molecule has 0 rings (SSSR count). The molecule has 0 unspecified atom stereocenters. The fraction of sp³-hybridized carbons (Fsp3) is 0.250. The lowest BCUT2D eigenvalue weighted by Crippen LogP contribution is -1.74. The van der Waals surface area contributed by atoms with Gasteiger partial charge in [-0.05, 0) is 32.4 Å². The highest BCUT2D eigenvalue weighted by Gasteiger charge is 1.85. The average Bonchev–Trinajstić information content (AvgIpc) is 1.98. The van der Waals surface area contributed by atoms with Crippen LogP contribution in [0.2, 0.25) is 0 Å². The van der Waals surface area contributed by atoms with Gasteiger partial charge >= 0.3 is 0 Å². The molecule has 1 nitrogen and oxygen atoms in total. The predicted octanol–water partition coefficient (Wildman–Crippen LogP) is 3.53. The van der Waals surface area contributed by atoms with Crippen LogP contribution in [0.4, 0.5) is 0 Å². The third-order valence-corrected chi connectivity index (χ3v) is 1.30. The molecule has 0 atom stereocenters. The summed E-state index contributed by atoms with van der Waals surface area (Å²) in [6.45, 7) is 9.90. The minimum absolute atomic E-state index is 0.844. The summed E-state index contributed by atoms with van der Waals surface area (Å²) in [7, 11) is 0. The maximum absolute atomic E-state index is 8.28. The smallest absolute Gasteiger partial charge is 0.0912 e. The van der Waals surface area contributed by atoms with Crippen molar-refractivity contribution in [2.45, 2.75) is 20.8 Å². The molecule has 13 heavy (non-hydrogen) atoms. The van der Waals surface area contributed by atoms with E-state index >= 15 is 0 Å². The Labute approximate surface area is 80.4 Å². The minimum atomic E-state index is 0.844. The van der Waals surface area contributed by atoms with E-state index in [-0.39, 0.29) is 0 Å². The zero-order valence-electron chi connectivity index (χ0n) is 8.46. The molecular formula is C12H15N. The molecule has 0 aromatic carbocycles. The Morgan fingerprint density at radius 2 is 1.85 bits per heavy atom. The van der Waals surface area contributed by atoms with Gasteiger partial charge in [-0.15, -0.1) is 0 Å². The summed E-state index contributed by atoms with van der Waals surface area (Å²) in [4.78, 5) is 0. The molecule has 0 amide bonds. The molecule has 0 aromatic heterocycles. The standard InChI is InChI=1S/C12H15N/c1-10(2)8-12(4)9-11(3)6-5-7-13/h5-6,8-9H,3H2,1-2,4H3/b6-5+,12-9-.